The first-order valence-corrected chi connectivity index (χ1v) is 7.92. The fourth-order valence-corrected chi connectivity index (χ4v) is 3.11. The van der Waals surface area contributed by atoms with Crippen molar-refractivity contribution in [2.24, 2.45) is 0 Å². The van der Waals surface area contributed by atoms with Crippen LogP contribution in [-0.2, 0) is 6.54 Å². The summed E-state index contributed by atoms with van der Waals surface area (Å²) >= 11 is 0. The van der Waals surface area contributed by atoms with E-state index in [-0.39, 0.29) is 0 Å². The second-order valence-corrected chi connectivity index (χ2v) is 5.77. The maximum Gasteiger partial charge on any atom is 0.142 e. The average molecular weight is 290 g/mol. The van der Waals surface area contributed by atoms with E-state index in [1.54, 1.807) is 7.11 Å². The van der Waals surface area contributed by atoms with Crippen molar-refractivity contribution in [2.45, 2.75) is 6.54 Å². The molecule has 2 N–H and O–H groups in total. The van der Waals surface area contributed by atoms with E-state index in [1.165, 1.54) is 11.3 Å². The molecule has 21 heavy (non-hydrogen) atoms. The molecule has 2 fully saturated rings. The van der Waals surface area contributed by atoms with Crippen LogP contribution in [0, 0.1) is 0 Å². The summed E-state index contributed by atoms with van der Waals surface area (Å²) < 4.78 is 5.64. The highest BCUT2D eigenvalue weighted by molar-refractivity contribution is 5.60. The van der Waals surface area contributed by atoms with Crippen molar-refractivity contribution in [1.82, 2.24) is 15.5 Å². The molecule has 3 rings (SSSR count). The zero-order valence-electron chi connectivity index (χ0n) is 12.9. The molecule has 0 aliphatic carbocycles. The van der Waals surface area contributed by atoms with Crippen LogP contribution in [0.2, 0.25) is 0 Å². The lowest BCUT2D eigenvalue weighted by molar-refractivity contribution is 0.233. The van der Waals surface area contributed by atoms with Crippen molar-refractivity contribution < 1.29 is 4.74 Å². The molecule has 0 amide bonds. The average Bonchev–Trinajstić information content (AvgIpc) is 2.56. The van der Waals surface area contributed by atoms with Crippen molar-refractivity contribution in [3.05, 3.63) is 23.8 Å². The maximum atomic E-state index is 5.64. The molecule has 1 aromatic rings. The number of nitrogens with one attached hydrogen (secondary N) is 2. The highest BCUT2D eigenvalue weighted by Gasteiger charge is 2.16. The predicted molar refractivity (Wildman–Crippen MR) is 86.2 cm³/mol. The fourth-order valence-electron chi connectivity index (χ4n) is 3.11. The van der Waals surface area contributed by atoms with Gasteiger partial charge < -0.3 is 20.3 Å². The molecule has 0 radical (unpaired) electrons. The Kier molecular flexibility index (Phi) is 4.95. The van der Waals surface area contributed by atoms with E-state index >= 15 is 0 Å². The van der Waals surface area contributed by atoms with Gasteiger partial charge in [-0.1, -0.05) is 6.07 Å². The van der Waals surface area contributed by atoms with Crippen molar-refractivity contribution in [3.8, 4) is 5.75 Å². The Morgan fingerprint density at radius 3 is 2.33 bits per heavy atom. The first-order chi connectivity index (χ1) is 10.4. The van der Waals surface area contributed by atoms with Crippen molar-refractivity contribution >= 4 is 5.69 Å². The van der Waals surface area contributed by atoms with E-state index in [0.717, 1.165) is 64.7 Å². The standard InChI is InChI=1S/C16H26N4O/c1-21-16-12-14(13-19-8-4-17-5-9-19)2-3-15(16)20-10-6-18-7-11-20/h2-3,12,17-18H,4-11,13H2,1H3. The number of hydrogen-bond acceptors (Lipinski definition) is 5. The number of rotatable bonds is 4. The van der Waals surface area contributed by atoms with Crippen LogP contribution < -0.4 is 20.3 Å². The Hall–Kier alpha value is -1.30. The number of nitrogens with zero attached hydrogens (tertiary/aromatic N) is 2. The lowest BCUT2D eigenvalue weighted by Crippen LogP contribution is -2.43. The van der Waals surface area contributed by atoms with Gasteiger partial charge in [-0.2, -0.15) is 0 Å². The number of piperazine rings is 2. The third kappa shape index (κ3) is 3.67. The van der Waals surface area contributed by atoms with Crippen molar-refractivity contribution in [3.63, 3.8) is 0 Å². The summed E-state index contributed by atoms with van der Waals surface area (Å²) in [7, 11) is 1.77. The summed E-state index contributed by atoms with van der Waals surface area (Å²) in [5.41, 5.74) is 2.57. The molecule has 2 heterocycles. The summed E-state index contributed by atoms with van der Waals surface area (Å²) in [6, 6.07) is 6.68. The van der Waals surface area contributed by atoms with Crippen LogP contribution in [-0.4, -0.2) is 64.4 Å². The summed E-state index contributed by atoms with van der Waals surface area (Å²) in [5, 5.41) is 6.79. The Morgan fingerprint density at radius 1 is 1.00 bits per heavy atom. The van der Waals surface area contributed by atoms with Gasteiger partial charge in [-0.3, -0.25) is 4.90 Å². The zero-order chi connectivity index (χ0) is 14.5. The lowest BCUT2D eigenvalue weighted by Gasteiger charge is -2.31. The Labute approximate surface area is 127 Å². The molecule has 0 aromatic heterocycles. The SMILES string of the molecule is COc1cc(CN2CCNCC2)ccc1N1CCNCC1. The van der Waals surface area contributed by atoms with Crippen molar-refractivity contribution in [2.75, 3.05) is 64.4 Å². The number of anilines is 1. The van der Waals surface area contributed by atoms with Gasteiger partial charge in [0.25, 0.3) is 0 Å². The third-order valence-corrected chi connectivity index (χ3v) is 4.32. The van der Waals surface area contributed by atoms with Crippen LogP contribution in [0.4, 0.5) is 5.69 Å². The van der Waals surface area contributed by atoms with Gasteiger partial charge >= 0.3 is 0 Å². The summed E-state index contributed by atoms with van der Waals surface area (Å²) in [6.07, 6.45) is 0. The van der Waals surface area contributed by atoms with Gasteiger partial charge in [0.05, 0.1) is 12.8 Å². The molecule has 0 atom stereocenters. The molecule has 0 unspecified atom stereocenters. The first-order valence-electron chi connectivity index (χ1n) is 7.92. The summed E-state index contributed by atoms with van der Waals surface area (Å²) in [6.45, 7) is 9.65. The highest BCUT2D eigenvalue weighted by Crippen LogP contribution is 2.30. The fraction of sp³-hybridized carbons (Fsp3) is 0.625. The molecule has 2 aliphatic heterocycles. The minimum Gasteiger partial charge on any atom is -0.495 e. The molecule has 0 saturated carbocycles. The van der Waals surface area contributed by atoms with Crippen LogP contribution >= 0.6 is 0 Å². The third-order valence-electron chi connectivity index (χ3n) is 4.32. The quantitative estimate of drug-likeness (QED) is 0.845. The number of methoxy groups -OCH3 is 1. The molecular weight excluding hydrogens is 264 g/mol. The molecule has 2 saturated heterocycles. The lowest BCUT2D eigenvalue weighted by atomic mass is 10.1. The second-order valence-electron chi connectivity index (χ2n) is 5.77. The largest absolute Gasteiger partial charge is 0.495 e. The summed E-state index contributed by atoms with van der Waals surface area (Å²) in [5.74, 6) is 1.00. The molecule has 5 heteroatoms. The highest BCUT2D eigenvalue weighted by atomic mass is 16.5. The Morgan fingerprint density at radius 2 is 1.67 bits per heavy atom. The number of hydrogen-bond donors (Lipinski definition) is 2. The van der Waals surface area contributed by atoms with E-state index in [9.17, 15) is 0 Å². The molecule has 5 nitrogen and oxygen atoms in total. The van der Waals surface area contributed by atoms with Gasteiger partial charge in [0.2, 0.25) is 0 Å². The monoisotopic (exact) mass is 290 g/mol. The minimum absolute atomic E-state index is 1.00. The van der Waals surface area contributed by atoms with Crippen LogP contribution in [0.25, 0.3) is 0 Å². The van der Waals surface area contributed by atoms with Gasteiger partial charge in [0.15, 0.2) is 0 Å². The van der Waals surface area contributed by atoms with Crippen LogP contribution in [0.5, 0.6) is 5.75 Å². The first kappa shape index (κ1) is 14.6. The van der Waals surface area contributed by atoms with Gasteiger partial charge in [-0.15, -0.1) is 0 Å². The molecule has 0 spiro atoms. The molecular formula is C16H26N4O. The topological polar surface area (TPSA) is 39.8 Å². The smallest absolute Gasteiger partial charge is 0.142 e. The van der Waals surface area contributed by atoms with E-state index < -0.39 is 0 Å². The molecule has 116 valence electrons. The number of benzene rings is 1. The zero-order valence-corrected chi connectivity index (χ0v) is 12.9. The maximum absolute atomic E-state index is 5.64. The Balaban J connectivity index is 1.71. The van der Waals surface area contributed by atoms with Crippen LogP contribution in [0.1, 0.15) is 5.56 Å². The van der Waals surface area contributed by atoms with E-state index in [2.05, 4.69) is 38.6 Å². The minimum atomic E-state index is 1.00. The van der Waals surface area contributed by atoms with E-state index in [1.807, 2.05) is 0 Å². The van der Waals surface area contributed by atoms with Crippen molar-refractivity contribution in [1.29, 1.82) is 0 Å². The van der Waals surface area contributed by atoms with Crippen LogP contribution in [0.15, 0.2) is 18.2 Å². The number of ether oxygens (including phenoxy) is 1. The predicted octanol–water partition coefficient (Wildman–Crippen LogP) is 0.510. The normalized spacial score (nSPS) is 20.5. The molecule has 2 aliphatic rings. The van der Waals surface area contributed by atoms with Gasteiger partial charge in [0, 0.05) is 58.9 Å². The molecule has 0 bridgehead atoms. The van der Waals surface area contributed by atoms with Gasteiger partial charge in [-0.05, 0) is 17.7 Å². The van der Waals surface area contributed by atoms with Crippen LogP contribution in [0.3, 0.4) is 0 Å². The van der Waals surface area contributed by atoms with E-state index in [0.29, 0.717) is 0 Å². The second kappa shape index (κ2) is 7.11. The van der Waals surface area contributed by atoms with Gasteiger partial charge in [-0.25, -0.2) is 0 Å². The molecule has 1 aromatic carbocycles. The van der Waals surface area contributed by atoms with E-state index in [4.69, 9.17) is 4.74 Å². The Bertz CT molecular complexity index is 454. The van der Waals surface area contributed by atoms with Gasteiger partial charge in [0.1, 0.15) is 5.75 Å². The summed E-state index contributed by atoms with van der Waals surface area (Å²) in [4.78, 5) is 4.90.